The van der Waals surface area contributed by atoms with Crippen molar-refractivity contribution in [3.8, 4) is 24.1 Å². The number of carbonyl (C=O) groups is 1. The molecule has 3 rings (SSSR count). The molecule has 0 aliphatic carbocycles. The Morgan fingerprint density at radius 2 is 1.74 bits per heavy atom. The van der Waals surface area contributed by atoms with Gasteiger partial charge in [0.25, 0.3) is 5.91 Å². The molecule has 8 heteroatoms. The van der Waals surface area contributed by atoms with Gasteiger partial charge in [-0.3, -0.25) is 4.79 Å². The molecule has 0 atom stereocenters. The van der Waals surface area contributed by atoms with E-state index >= 15 is 0 Å². The molecule has 1 amide bonds. The van der Waals surface area contributed by atoms with Gasteiger partial charge in [-0.25, -0.2) is 13.8 Å². The fourth-order valence-corrected chi connectivity index (χ4v) is 3.59. The predicted octanol–water partition coefficient (Wildman–Crippen LogP) is 4.66. The molecule has 0 spiro atoms. The van der Waals surface area contributed by atoms with Crippen LogP contribution in [0.2, 0.25) is 0 Å². The lowest BCUT2D eigenvalue weighted by Crippen LogP contribution is -2.33. The normalized spacial score (nSPS) is 13.5. The number of allylic oxidation sites excluding steroid dienone is 3. The van der Waals surface area contributed by atoms with Crippen molar-refractivity contribution in [1.82, 2.24) is 15.2 Å². The zero-order chi connectivity index (χ0) is 26.4. The van der Waals surface area contributed by atoms with Crippen molar-refractivity contribution in [2.24, 2.45) is 0 Å². The number of nitrogens with one attached hydrogen (secondary N) is 1. The molecule has 2 aromatic rings. The first-order valence-electron chi connectivity index (χ1n) is 11.0. The van der Waals surface area contributed by atoms with Gasteiger partial charge in [0.05, 0.1) is 28.3 Å². The molecule has 0 saturated carbocycles. The Labute approximate surface area is 205 Å². The van der Waals surface area contributed by atoms with Crippen molar-refractivity contribution in [2.45, 2.75) is 26.2 Å². The molecule has 1 aromatic carbocycles. The van der Waals surface area contributed by atoms with Crippen LogP contribution < -0.4 is 11.1 Å². The Bertz CT molecular complexity index is 1070. The molecular weight excluding hydrogens is 450 g/mol. The fraction of sp³-hybridized carbons (Fsp3) is 0.259. The van der Waals surface area contributed by atoms with E-state index in [0.29, 0.717) is 5.70 Å². The molecule has 0 radical (unpaired) electrons. The molecule has 1 fully saturated rings. The topological polar surface area (TPSA) is 91.5 Å². The lowest BCUT2D eigenvalue weighted by molar-refractivity contribution is 0.0962. The van der Waals surface area contributed by atoms with E-state index in [2.05, 4.69) is 34.6 Å². The molecule has 1 aliphatic rings. The quantitative estimate of drug-likeness (QED) is 0.412. The van der Waals surface area contributed by atoms with Crippen LogP contribution in [0.25, 0.3) is 11.3 Å². The van der Waals surface area contributed by atoms with Crippen molar-refractivity contribution in [2.75, 3.05) is 25.9 Å². The zero-order valence-corrected chi connectivity index (χ0v) is 20.1. The van der Waals surface area contributed by atoms with Crippen LogP contribution in [0.5, 0.6) is 0 Å². The maximum Gasteiger partial charge on any atom is 0.276 e. The number of nitrogen functional groups attached to an aromatic ring is 1. The molecule has 1 aliphatic heterocycles. The highest BCUT2D eigenvalue weighted by Crippen LogP contribution is 2.26. The minimum Gasteiger partial charge on any atom is -0.400 e. The van der Waals surface area contributed by atoms with E-state index in [1.165, 1.54) is 24.6 Å². The Hall–Kier alpha value is -3.96. The van der Waals surface area contributed by atoms with Crippen LogP contribution in [0.4, 0.5) is 14.5 Å². The van der Waals surface area contributed by atoms with Gasteiger partial charge in [-0.2, -0.15) is 0 Å². The first kappa shape index (κ1) is 29.1. The van der Waals surface area contributed by atoms with Crippen molar-refractivity contribution >= 4 is 11.6 Å². The maximum absolute atomic E-state index is 14.2. The Balaban J connectivity index is 0.00000145. The summed E-state index contributed by atoms with van der Waals surface area (Å²) in [5.41, 5.74) is 7.01. The smallest absolute Gasteiger partial charge is 0.276 e. The van der Waals surface area contributed by atoms with E-state index in [4.69, 9.17) is 10.8 Å². The molecule has 186 valence electrons. The molecule has 1 aromatic heterocycles. The number of nitrogens with zero attached hydrogens (tertiary/aromatic N) is 2. The number of terminal acetylenes is 1. The van der Waals surface area contributed by atoms with Crippen molar-refractivity contribution in [1.29, 1.82) is 0 Å². The number of aliphatic hydroxyl groups is 1. The molecular formula is C27H32F2N4O2. The first-order chi connectivity index (χ1) is 17.0. The van der Waals surface area contributed by atoms with Crippen LogP contribution in [-0.2, 0) is 0 Å². The van der Waals surface area contributed by atoms with Gasteiger partial charge >= 0.3 is 0 Å². The minimum atomic E-state index is -0.768. The van der Waals surface area contributed by atoms with Crippen LogP contribution in [0.15, 0.2) is 66.5 Å². The summed E-state index contributed by atoms with van der Waals surface area (Å²) in [6.45, 7) is 7.50. The maximum atomic E-state index is 14.2. The zero-order valence-electron chi connectivity index (χ0n) is 20.1. The van der Waals surface area contributed by atoms with Crippen LogP contribution in [0.3, 0.4) is 0 Å². The predicted molar refractivity (Wildman–Crippen MR) is 137 cm³/mol. The third-order valence-corrected chi connectivity index (χ3v) is 5.11. The highest BCUT2D eigenvalue weighted by Gasteiger charge is 2.20. The van der Waals surface area contributed by atoms with E-state index in [9.17, 15) is 13.6 Å². The number of amides is 1. The van der Waals surface area contributed by atoms with Gasteiger partial charge in [-0.05, 0) is 62.6 Å². The Kier molecular flexibility index (Phi) is 12.5. The molecule has 0 unspecified atom stereocenters. The second-order valence-corrected chi connectivity index (χ2v) is 7.24. The molecule has 6 nitrogen and oxygen atoms in total. The van der Waals surface area contributed by atoms with Gasteiger partial charge in [0.2, 0.25) is 0 Å². The summed E-state index contributed by atoms with van der Waals surface area (Å²) in [5.74, 6) is -2.11. The van der Waals surface area contributed by atoms with Crippen LogP contribution >= 0.6 is 0 Å². The van der Waals surface area contributed by atoms with Gasteiger partial charge in [0, 0.05) is 20.2 Å². The number of likely N-dealkylation sites (tertiary alicyclic amines) is 1. The number of halogens is 2. The number of aromatic nitrogens is 1. The summed E-state index contributed by atoms with van der Waals surface area (Å²) in [7, 11) is 1.00. The van der Waals surface area contributed by atoms with Crippen molar-refractivity contribution in [3.63, 3.8) is 0 Å². The molecule has 1 saturated heterocycles. The summed E-state index contributed by atoms with van der Waals surface area (Å²) < 4.78 is 28.4. The third-order valence-electron chi connectivity index (χ3n) is 5.11. The second-order valence-electron chi connectivity index (χ2n) is 7.24. The summed E-state index contributed by atoms with van der Waals surface area (Å²) in [6, 6.07) is 6.34. The average Bonchev–Trinajstić information content (AvgIpc) is 2.89. The van der Waals surface area contributed by atoms with Gasteiger partial charge in [0.1, 0.15) is 11.6 Å². The number of hydrogen-bond acceptors (Lipinski definition) is 5. The lowest BCUT2D eigenvalue weighted by Gasteiger charge is -2.31. The number of aliphatic hydroxyl groups excluding tert-OH is 1. The van der Waals surface area contributed by atoms with Gasteiger partial charge < -0.3 is 21.1 Å². The number of benzene rings is 1. The number of hydrogen-bond donors (Lipinski definition) is 3. The van der Waals surface area contributed by atoms with E-state index in [0.717, 1.165) is 50.9 Å². The highest BCUT2D eigenvalue weighted by molar-refractivity contribution is 5.99. The standard InChI is InChI=1S/C24H26F2N4O.C2H2.CH4O/c1-3-9-21(30-14-6-5-7-15-30)19(4-2)29-24(31)23-18(27)12-13-20(28-23)22-16(25)10-8-11-17(22)26;2*1-2/h3-4,8-13H,2,5-7,14-15,27H2,1H3,(H,29,31);1-2H;2H,1H3/b9-3-,21-19-;;. The number of carbonyl (C=O) groups excluding carboxylic acids is 1. The second kappa shape index (κ2) is 15.0. The Morgan fingerprint density at radius 1 is 1.14 bits per heavy atom. The minimum absolute atomic E-state index is 0.0104. The monoisotopic (exact) mass is 482 g/mol. The van der Waals surface area contributed by atoms with E-state index < -0.39 is 17.5 Å². The number of anilines is 1. The third kappa shape index (κ3) is 7.52. The Morgan fingerprint density at radius 3 is 2.29 bits per heavy atom. The summed E-state index contributed by atoms with van der Waals surface area (Å²) in [6.07, 6.45) is 16.7. The van der Waals surface area contributed by atoms with Crippen molar-refractivity contribution in [3.05, 3.63) is 83.9 Å². The first-order valence-corrected chi connectivity index (χ1v) is 11.0. The molecule has 35 heavy (non-hydrogen) atoms. The number of nitrogens with two attached hydrogens (primary N) is 1. The van der Waals surface area contributed by atoms with Gasteiger partial charge in [-0.1, -0.05) is 18.7 Å². The average molecular weight is 483 g/mol. The molecule has 4 N–H and O–H groups in total. The molecule has 0 bridgehead atoms. The van der Waals surface area contributed by atoms with E-state index in [1.54, 1.807) is 6.08 Å². The van der Waals surface area contributed by atoms with E-state index in [1.807, 2.05) is 19.1 Å². The summed E-state index contributed by atoms with van der Waals surface area (Å²) in [5, 5.41) is 9.81. The van der Waals surface area contributed by atoms with E-state index in [-0.39, 0.29) is 22.6 Å². The highest BCUT2D eigenvalue weighted by atomic mass is 19.1. The lowest BCUT2D eigenvalue weighted by atomic mass is 10.1. The fourth-order valence-electron chi connectivity index (χ4n) is 3.59. The molecule has 2 heterocycles. The van der Waals surface area contributed by atoms with Crippen molar-refractivity contribution < 1.29 is 18.7 Å². The van der Waals surface area contributed by atoms with Gasteiger partial charge in [-0.15, -0.1) is 12.8 Å². The van der Waals surface area contributed by atoms with Crippen LogP contribution in [0.1, 0.15) is 36.7 Å². The van der Waals surface area contributed by atoms with Crippen LogP contribution in [0, 0.1) is 24.5 Å². The van der Waals surface area contributed by atoms with Gasteiger partial charge in [0.15, 0.2) is 5.69 Å². The number of rotatable bonds is 6. The largest absolute Gasteiger partial charge is 0.400 e. The SMILES string of the molecule is C#C.C=C/C(NC(=O)c1nc(-c2c(F)cccc2F)ccc1N)=C(\C=C/C)N1CCCCC1.CO. The summed E-state index contributed by atoms with van der Waals surface area (Å²) in [4.78, 5) is 19.4. The summed E-state index contributed by atoms with van der Waals surface area (Å²) >= 11 is 0. The number of piperidine rings is 1. The number of pyridine rings is 1. The van der Waals surface area contributed by atoms with Crippen LogP contribution in [-0.4, -0.2) is 41.1 Å².